The van der Waals surface area contributed by atoms with Gasteiger partial charge in [0.2, 0.25) is 15.9 Å². The predicted molar refractivity (Wildman–Crippen MR) is 113 cm³/mol. The predicted octanol–water partition coefficient (Wildman–Crippen LogP) is 3.41. The number of carbonyl (C=O) groups excluding carboxylic acids is 1. The fraction of sp³-hybridized carbons (Fsp3) is 0.500. The van der Waals surface area contributed by atoms with Gasteiger partial charge in [0.15, 0.2) is 5.76 Å². The molecular weight excluding hydrogens is 458 g/mol. The van der Waals surface area contributed by atoms with Gasteiger partial charge in [-0.2, -0.15) is 4.31 Å². The first kappa shape index (κ1) is 22.0. The fourth-order valence-electron chi connectivity index (χ4n) is 3.80. The van der Waals surface area contributed by atoms with Crippen molar-refractivity contribution >= 4 is 31.9 Å². The highest BCUT2D eigenvalue weighted by atomic mass is 79.9. The van der Waals surface area contributed by atoms with E-state index in [0.29, 0.717) is 43.9 Å². The van der Waals surface area contributed by atoms with Crippen molar-refractivity contribution < 1.29 is 17.7 Å². The number of nitrogens with zero attached hydrogens (tertiary/aromatic N) is 2. The summed E-state index contributed by atoms with van der Waals surface area (Å²) in [5, 5.41) is 6.75. The zero-order valence-corrected chi connectivity index (χ0v) is 19.2. The number of hydrogen-bond acceptors (Lipinski definition) is 5. The van der Waals surface area contributed by atoms with Crippen molar-refractivity contribution in [3.63, 3.8) is 0 Å². The van der Waals surface area contributed by atoms with Gasteiger partial charge in [-0.05, 0) is 50.3 Å². The van der Waals surface area contributed by atoms with Gasteiger partial charge in [-0.3, -0.25) is 4.79 Å². The van der Waals surface area contributed by atoms with Crippen LogP contribution >= 0.6 is 15.9 Å². The van der Waals surface area contributed by atoms with Crippen LogP contribution in [0.2, 0.25) is 0 Å². The van der Waals surface area contributed by atoms with Crippen molar-refractivity contribution in [3.8, 4) is 0 Å². The molecule has 1 N–H and O–H groups in total. The summed E-state index contributed by atoms with van der Waals surface area (Å²) in [5.41, 5.74) is 1.41. The summed E-state index contributed by atoms with van der Waals surface area (Å²) in [6.45, 7) is 6.41. The molecule has 1 saturated heterocycles. The molecule has 0 spiro atoms. The average Bonchev–Trinajstić information content (AvgIpc) is 3.04. The minimum Gasteiger partial charge on any atom is -0.360 e. The molecule has 2 aromatic rings. The molecule has 2 heterocycles. The summed E-state index contributed by atoms with van der Waals surface area (Å²) >= 11 is 3.43. The van der Waals surface area contributed by atoms with E-state index >= 15 is 0 Å². The van der Waals surface area contributed by atoms with Crippen molar-refractivity contribution in [2.45, 2.75) is 45.1 Å². The quantitative estimate of drug-likeness (QED) is 0.679. The Balaban J connectivity index is 1.56. The highest BCUT2D eigenvalue weighted by Gasteiger charge is 2.36. The maximum atomic E-state index is 12.9. The second kappa shape index (κ2) is 8.97. The lowest BCUT2D eigenvalue weighted by atomic mass is 9.85. The maximum absolute atomic E-state index is 12.9. The van der Waals surface area contributed by atoms with Gasteiger partial charge in [0.25, 0.3) is 0 Å². The molecule has 9 heteroatoms. The third-order valence-corrected chi connectivity index (χ3v) is 8.18. The SMILES string of the molecule is Cc1noc(C)c1S(=O)(=O)N1CCC(C(C)C(=O)NCc2cccc(Br)c2)CC1. The number of piperidine rings is 1. The van der Waals surface area contributed by atoms with Gasteiger partial charge in [0, 0.05) is 30.0 Å². The number of nitrogens with one attached hydrogen (secondary N) is 1. The Morgan fingerprint density at radius 3 is 2.62 bits per heavy atom. The highest BCUT2D eigenvalue weighted by molar-refractivity contribution is 9.10. The number of amides is 1. The molecule has 1 aromatic carbocycles. The van der Waals surface area contributed by atoms with Crippen LogP contribution in [0.3, 0.4) is 0 Å². The Kier molecular flexibility index (Phi) is 6.80. The second-order valence-corrected chi connectivity index (χ2v) is 10.3. The molecule has 1 aliphatic rings. The van der Waals surface area contributed by atoms with E-state index in [0.717, 1.165) is 10.0 Å². The monoisotopic (exact) mass is 483 g/mol. The van der Waals surface area contributed by atoms with Crippen LogP contribution in [0.4, 0.5) is 0 Å². The van der Waals surface area contributed by atoms with E-state index in [2.05, 4.69) is 26.4 Å². The van der Waals surface area contributed by atoms with Gasteiger partial charge in [-0.1, -0.05) is 40.1 Å². The molecule has 0 aliphatic carbocycles. The van der Waals surface area contributed by atoms with E-state index in [1.54, 1.807) is 13.8 Å². The van der Waals surface area contributed by atoms with E-state index in [9.17, 15) is 13.2 Å². The fourth-order valence-corrected chi connectivity index (χ4v) is 6.01. The molecule has 0 saturated carbocycles. The third kappa shape index (κ3) is 4.90. The van der Waals surface area contributed by atoms with Crippen LogP contribution in [-0.4, -0.2) is 36.9 Å². The Morgan fingerprint density at radius 2 is 2.03 bits per heavy atom. The van der Waals surface area contributed by atoms with Crippen molar-refractivity contribution in [1.82, 2.24) is 14.8 Å². The van der Waals surface area contributed by atoms with E-state index < -0.39 is 10.0 Å². The lowest BCUT2D eigenvalue weighted by Gasteiger charge is -2.33. The van der Waals surface area contributed by atoms with Crippen LogP contribution in [-0.2, 0) is 21.4 Å². The molecule has 3 rings (SSSR count). The Labute approximate surface area is 180 Å². The number of benzene rings is 1. The van der Waals surface area contributed by atoms with Gasteiger partial charge in [-0.15, -0.1) is 0 Å². The molecule has 1 fully saturated rings. The summed E-state index contributed by atoms with van der Waals surface area (Å²) in [5.74, 6) is 0.279. The van der Waals surface area contributed by atoms with Crippen LogP contribution in [0.5, 0.6) is 0 Å². The van der Waals surface area contributed by atoms with Crippen molar-refractivity contribution in [2.75, 3.05) is 13.1 Å². The standard InChI is InChI=1S/C20H26BrN3O4S/c1-13(20(25)22-12-16-5-4-6-18(21)11-16)17-7-9-24(10-8-17)29(26,27)19-14(2)23-28-15(19)3/h4-6,11,13,17H,7-10,12H2,1-3H3,(H,22,25). The molecule has 29 heavy (non-hydrogen) atoms. The summed E-state index contributed by atoms with van der Waals surface area (Å²) < 4.78 is 33.3. The summed E-state index contributed by atoms with van der Waals surface area (Å²) in [6, 6.07) is 7.82. The molecule has 0 radical (unpaired) electrons. The van der Waals surface area contributed by atoms with Crippen LogP contribution in [0.15, 0.2) is 38.2 Å². The van der Waals surface area contributed by atoms with Gasteiger partial charge >= 0.3 is 0 Å². The van der Waals surface area contributed by atoms with Gasteiger partial charge in [0.05, 0.1) is 0 Å². The van der Waals surface area contributed by atoms with Crippen molar-refractivity contribution in [2.24, 2.45) is 11.8 Å². The van der Waals surface area contributed by atoms with E-state index in [1.165, 1.54) is 4.31 Å². The van der Waals surface area contributed by atoms with E-state index in [4.69, 9.17) is 4.52 Å². The first-order valence-electron chi connectivity index (χ1n) is 9.65. The van der Waals surface area contributed by atoms with Crippen molar-refractivity contribution in [3.05, 3.63) is 45.8 Å². The molecule has 1 aromatic heterocycles. The van der Waals surface area contributed by atoms with E-state index in [-0.39, 0.29) is 22.6 Å². The molecule has 1 aliphatic heterocycles. The zero-order valence-electron chi connectivity index (χ0n) is 16.8. The smallest absolute Gasteiger partial charge is 0.248 e. The second-order valence-electron chi connectivity index (χ2n) is 7.53. The molecule has 1 atom stereocenters. The zero-order chi connectivity index (χ0) is 21.2. The number of aromatic nitrogens is 1. The first-order valence-corrected chi connectivity index (χ1v) is 11.9. The molecule has 1 amide bonds. The summed E-state index contributed by atoms with van der Waals surface area (Å²) in [6.07, 6.45) is 1.29. The van der Waals surface area contributed by atoms with Gasteiger partial charge in [0.1, 0.15) is 10.6 Å². The normalized spacial score (nSPS) is 17.2. The van der Waals surface area contributed by atoms with Crippen LogP contribution in [0, 0.1) is 25.7 Å². The number of rotatable bonds is 6. The first-order chi connectivity index (χ1) is 13.7. The third-order valence-electron chi connectivity index (χ3n) is 5.54. The Bertz CT molecular complexity index is 962. The molecule has 1 unspecified atom stereocenters. The molecule has 158 valence electrons. The minimum absolute atomic E-state index is 0.00277. The maximum Gasteiger partial charge on any atom is 0.248 e. The summed E-state index contributed by atoms with van der Waals surface area (Å²) in [4.78, 5) is 12.7. The molecule has 7 nitrogen and oxygen atoms in total. The molecule has 0 bridgehead atoms. The van der Waals surface area contributed by atoms with Gasteiger partial charge < -0.3 is 9.84 Å². The number of sulfonamides is 1. The summed E-state index contributed by atoms with van der Waals surface area (Å²) in [7, 11) is -3.63. The number of carbonyl (C=O) groups is 1. The lowest BCUT2D eigenvalue weighted by molar-refractivity contribution is -0.126. The number of halogens is 1. The van der Waals surface area contributed by atoms with E-state index in [1.807, 2.05) is 31.2 Å². The lowest BCUT2D eigenvalue weighted by Crippen LogP contribution is -2.42. The topological polar surface area (TPSA) is 92.5 Å². The number of aryl methyl sites for hydroxylation is 2. The Morgan fingerprint density at radius 1 is 1.34 bits per heavy atom. The minimum atomic E-state index is -3.63. The average molecular weight is 484 g/mol. The largest absolute Gasteiger partial charge is 0.360 e. The number of hydrogen-bond donors (Lipinski definition) is 1. The van der Waals surface area contributed by atoms with Crippen LogP contribution in [0.25, 0.3) is 0 Å². The highest BCUT2D eigenvalue weighted by Crippen LogP contribution is 2.30. The Hall–Kier alpha value is -1.71. The molecular formula is C20H26BrN3O4S. The van der Waals surface area contributed by atoms with Crippen LogP contribution < -0.4 is 5.32 Å². The van der Waals surface area contributed by atoms with Crippen molar-refractivity contribution in [1.29, 1.82) is 0 Å². The van der Waals surface area contributed by atoms with Crippen LogP contribution in [0.1, 0.15) is 36.8 Å². The van der Waals surface area contributed by atoms with Gasteiger partial charge in [-0.25, -0.2) is 8.42 Å².